The van der Waals surface area contributed by atoms with Gasteiger partial charge in [0.05, 0.1) is 22.1 Å². The van der Waals surface area contributed by atoms with Gasteiger partial charge in [0.15, 0.2) is 0 Å². The number of benzene rings is 14. The molecule has 16 rings (SSSR count). The maximum absolute atomic E-state index is 2.45. The van der Waals surface area contributed by atoms with Gasteiger partial charge in [-0.25, -0.2) is 0 Å². The van der Waals surface area contributed by atoms with Gasteiger partial charge in [0.25, 0.3) is 0 Å². The molecule has 0 aliphatic heterocycles. The van der Waals surface area contributed by atoms with Gasteiger partial charge in [-0.05, 0) is 153 Å². The van der Waals surface area contributed by atoms with E-state index in [4.69, 9.17) is 0 Å². The first kappa shape index (κ1) is 44.1. The Morgan fingerprint density at radius 1 is 0.154 bits per heavy atom. The minimum atomic E-state index is 1.14. The summed E-state index contributed by atoms with van der Waals surface area (Å²) in [5.74, 6) is 0. The minimum absolute atomic E-state index is 1.14. The molecule has 0 aliphatic carbocycles. The monoisotopic (exact) mass is 988 g/mol. The Morgan fingerprint density at radius 2 is 0.397 bits per heavy atom. The first-order valence-corrected chi connectivity index (χ1v) is 27.0. The lowest BCUT2D eigenvalue weighted by Crippen LogP contribution is -1.95. The zero-order valence-electron chi connectivity index (χ0n) is 42.6. The van der Waals surface area contributed by atoms with Gasteiger partial charge in [-0.3, -0.25) is 0 Å². The van der Waals surface area contributed by atoms with Crippen LogP contribution in [0, 0.1) is 0 Å². The first-order valence-electron chi connectivity index (χ1n) is 27.0. The van der Waals surface area contributed by atoms with Crippen molar-refractivity contribution < 1.29 is 0 Å². The summed E-state index contributed by atoms with van der Waals surface area (Å²) < 4.78 is 4.81. The lowest BCUT2D eigenvalue weighted by Gasteiger charge is -2.20. The van der Waals surface area contributed by atoms with Crippen molar-refractivity contribution in [1.82, 2.24) is 9.13 Å². The predicted octanol–water partition coefficient (Wildman–Crippen LogP) is 20.8. The topological polar surface area (TPSA) is 9.86 Å². The molecule has 0 fully saturated rings. The predicted molar refractivity (Wildman–Crippen MR) is 332 cm³/mol. The molecule has 0 N–H and O–H groups in total. The van der Waals surface area contributed by atoms with Gasteiger partial charge in [0.2, 0.25) is 0 Å². The van der Waals surface area contributed by atoms with Crippen LogP contribution in [-0.4, -0.2) is 9.13 Å². The van der Waals surface area contributed by atoms with Gasteiger partial charge < -0.3 is 9.13 Å². The molecule has 16 aromatic rings. The average Bonchev–Trinajstić information content (AvgIpc) is 4.05. The molecule has 78 heavy (non-hydrogen) atoms. The molecule has 0 atom stereocenters. The zero-order valence-corrected chi connectivity index (χ0v) is 42.6. The van der Waals surface area contributed by atoms with Crippen LogP contribution in [0.1, 0.15) is 0 Å². The van der Waals surface area contributed by atoms with Crippen molar-refractivity contribution in [3.05, 3.63) is 291 Å². The van der Waals surface area contributed by atoms with Crippen LogP contribution < -0.4 is 0 Å². The van der Waals surface area contributed by atoms with Crippen LogP contribution in [0.2, 0.25) is 0 Å². The van der Waals surface area contributed by atoms with Gasteiger partial charge >= 0.3 is 0 Å². The highest BCUT2D eigenvalue weighted by atomic mass is 15.0. The highest BCUT2D eigenvalue weighted by molar-refractivity contribution is 6.23. The fourth-order valence-electron chi connectivity index (χ4n) is 13.1. The average molecular weight is 989 g/mol. The third-order valence-electron chi connectivity index (χ3n) is 16.5. The first-order chi connectivity index (χ1) is 38.7. The van der Waals surface area contributed by atoms with E-state index >= 15 is 0 Å². The Morgan fingerprint density at radius 3 is 0.756 bits per heavy atom. The molecular formula is C76H48N2. The van der Waals surface area contributed by atoms with Crippen LogP contribution in [-0.2, 0) is 0 Å². The van der Waals surface area contributed by atoms with E-state index in [1.807, 2.05) is 0 Å². The summed E-state index contributed by atoms with van der Waals surface area (Å²) in [5.41, 5.74) is 19.3. The highest BCUT2D eigenvalue weighted by Gasteiger charge is 2.21. The third kappa shape index (κ3) is 6.77. The summed E-state index contributed by atoms with van der Waals surface area (Å²) in [4.78, 5) is 0. The third-order valence-corrected chi connectivity index (χ3v) is 16.5. The molecule has 14 aromatic carbocycles. The second-order valence-electron chi connectivity index (χ2n) is 20.7. The van der Waals surface area contributed by atoms with E-state index in [2.05, 4.69) is 300 Å². The number of aromatic nitrogens is 2. The fourth-order valence-corrected chi connectivity index (χ4v) is 13.1. The largest absolute Gasteiger partial charge is 0.309 e. The van der Waals surface area contributed by atoms with E-state index in [1.165, 1.54) is 142 Å². The van der Waals surface area contributed by atoms with Crippen LogP contribution >= 0.6 is 0 Å². The fraction of sp³-hybridized carbons (Fsp3) is 0. The second kappa shape index (κ2) is 17.7. The SMILES string of the molecule is c1ccc(-c2c3ccccc3c(-c3ccc(-c4ccc5c(-c6ccc(-n7c8ccccc8c8ccccc87)cc6)c6ccccc6c(-c6ccc(-n7c8ccccc8c8ccccc87)cc6)c5c4)cc3)c3ccccc23)cc1. The molecule has 0 unspecified atom stereocenters. The molecule has 2 heterocycles. The van der Waals surface area contributed by atoms with Crippen LogP contribution in [0.15, 0.2) is 291 Å². The van der Waals surface area contributed by atoms with Gasteiger partial charge in [-0.2, -0.15) is 0 Å². The van der Waals surface area contributed by atoms with Crippen LogP contribution in [0.3, 0.4) is 0 Å². The highest BCUT2D eigenvalue weighted by Crippen LogP contribution is 2.48. The molecule has 0 aliphatic rings. The summed E-state index contributed by atoms with van der Waals surface area (Å²) in [6, 6.07) is 108. The second-order valence-corrected chi connectivity index (χ2v) is 20.7. The molecule has 0 spiro atoms. The molecule has 0 radical (unpaired) electrons. The van der Waals surface area contributed by atoms with Crippen LogP contribution in [0.5, 0.6) is 0 Å². The molecule has 0 bridgehead atoms. The van der Waals surface area contributed by atoms with Crippen LogP contribution in [0.25, 0.3) is 154 Å². The van der Waals surface area contributed by atoms with Crippen molar-refractivity contribution in [2.24, 2.45) is 0 Å². The van der Waals surface area contributed by atoms with Gasteiger partial charge in [0, 0.05) is 32.9 Å². The van der Waals surface area contributed by atoms with Crippen molar-refractivity contribution >= 4 is 86.7 Å². The summed E-state index contributed by atoms with van der Waals surface area (Å²) in [7, 11) is 0. The maximum atomic E-state index is 2.45. The maximum Gasteiger partial charge on any atom is 0.0541 e. The van der Waals surface area contributed by atoms with E-state index in [0.717, 1.165) is 11.4 Å². The number of hydrogen-bond donors (Lipinski definition) is 0. The standard InChI is InChI=1S/C76H48N2/c1-2-18-50(19-3-1)73-61-24-4-6-26-63(61)74(64-27-7-5-25-62(64)73)51-36-34-49(35-37-51)54-42-47-67-68(48-54)76(53-40-45-56(46-41-53)78-71-32-16-12-22-59(71)60-23-13-17-33-72(60)78)66-29-9-8-28-65(66)75(67)52-38-43-55(44-39-52)77-69-30-14-10-20-57(69)58-21-11-15-31-70(58)77/h1-48H. The van der Waals surface area contributed by atoms with E-state index in [1.54, 1.807) is 0 Å². The Labute approximate surface area is 451 Å². The number of rotatable bonds is 7. The number of hydrogen-bond acceptors (Lipinski definition) is 0. The Balaban J connectivity index is 0.877. The zero-order chi connectivity index (χ0) is 51.3. The van der Waals surface area contributed by atoms with E-state index in [0.29, 0.717) is 0 Å². The lowest BCUT2D eigenvalue weighted by atomic mass is 9.84. The van der Waals surface area contributed by atoms with Crippen molar-refractivity contribution in [2.45, 2.75) is 0 Å². The molecule has 2 heteroatoms. The molecule has 2 aromatic heterocycles. The number of fused-ring (bicyclic) bond motifs is 10. The molecule has 0 amide bonds. The number of para-hydroxylation sites is 4. The molecule has 0 saturated heterocycles. The van der Waals surface area contributed by atoms with E-state index in [9.17, 15) is 0 Å². The van der Waals surface area contributed by atoms with E-state index in [-0.39, 0.29) is 0 Å². The lowest BCUT2D eigenvalue weighted by molar-refractivity contribution is 1.18. The molecular weight excluding hydrogens is 941 g/mol. The van der Waals surface area contributed by atoms with Crippen LogP contribution in [0.4, 0.5) is 0 Å². The van der Waals surface area contributed by atoms with E-state index < -0.39 is 0 Å². The molecule has 2 nitrogen and oxygen atoms in total. The van der Waals surface area contributed by atoms with Gasteiger partial charge in [0.1, 0.15) is 0 Å². The van der Waals surface area contributed by atoms with Crippen molar-refractivity contribution in [3.8, 4) is 67.0 Å². The summed E-state index contributed by atoms with van der Waals surface area (Å²) >= 11 is 0. The Hall–Kier alpha value is -10.3. The van der Waals surface area contributed by atoms with Gasteiger partial charge in [-0.15, -0.1) is 0 Å². The summed E-state index contributed by atoms with van der Waals surface area (Å²) in [6.07, 6.45) is 0. The quantitative estimate of drug-likeness (QED) is 0.141. The van der Waals surface area contributed by atoms with Crippen molar-refractivity contribution in [1.29, 1.82) is 0 Å². The number of nitrogens with zero attached hydrogens (tertiary/aromatic N) is 2. The minimum Gasteiger partial charge on any atom is -0.309 e. The Bertz CT molecular complexity index is 4880. The summed E-state index contributed by atoms with van der Waals surface area (Å²) in [6.45, 7) is 0. The molecule has 0 saturated carbocycles. The Kier molecular flexibility index (Phi) is 9.98. The van der Waals surface area contributed by atoms with Gasteiger partial charge in [-0.1, -0.05) is 237 Å². The summed E-state index contributed by atoms with van der Waals surface area (Å²) in [5, 5.41) is 15.0. The smallest absolute Gasteiger partial charge is 0.0541 e. The normalized spacial score (nSPS) is 11.8. The van der Waals surface area contributed by atoms with Crippen molar-refractivity contribution in [2.75, 3.05) is 0 Å². The molecule has 362 valence electrons. The van der Waals surface area contributed by atoms with Crippen molar-refractivity contribution in [3.63, 3.8) is 0 Å².